The Kier molecular flexibility index (Phi) is 2.44. The molecule has 1 nitrogen and oxygen atoms in total. The van der Waals surface area contributed by atoms with Crippen molar-refractivity contribution in [1.82, 2.24) is 4.98 Å². The molecule has 0 saturated heterocycles. The van der Waals surface area contributed by atoms with Crippen LogP contribution in [0.2, 0.25) is 0 Å². The molecule has 10 heavy (non-hydrogen) atoms. The van der Waals surface area contributed by atoms with E-state index in [1.807, 2.05) is 23.7 Å². The van der Waals surface area contributed by atoms with Crippen LogP contribution in [0.1, 0.15) is 0 Å². The first kappa shape index (κ1) is 7.73. The van der Waals surface area contributed by atoms with Gasteiger partial charge in [-0.15, -0.1) is 11.3 Å². The van der Waals surface area contributed by atoms with E-state index in [-0.39, 0.29) is 17.1 Å². The van der Waals surface area contributed by atoms with Gasteiger partial charge in [-0.25, -0.2) is 4.98 Å². The average Bonchev–Trinajstić information content (AvgIpc) is 2.33. The fraction of sp³-hybridized carbons (Fsp3) is 0. The van der Waals surface area contributed by atoms with E-state index in [1.165, 1.54) is 4.70 Å². The van der Waals surface area contributed by atoms with Crippen LogP contribution in [-0.4, -0.2) is 4.98 Å². The summed E-state index contributed by atoms with van der Waals surface area (Å²) in [7, 11) is 0. The molecule has 0 aliphatic heterocycles. The van der Waals surface area contributed by atoms with Crippen molar-refractivity contribution in [3.63, 3.8) is 0 Å². The van der Waals surface area contributed by atoms with Gasteiger partial charge in [0, 0.05) is 17.1 Å². The average molecular weight is 191 g/mol. The molecule has 0 spiro atoms. The van der Waals surface area contributed by atoms with Crippen molar-refractivity contribution in [1.29, 1.82) is 0 Å². The van der Waals surface area contributed by atoms with E-state index >= 15 is 0 Å². The molecule has 2 aromatic rings. The fourth-order valence-electron chi connectivity index (χ4n) is 0.803. The Labute approximate surface area is 73.6 Å². The Morgan fingerprint density at radius 2 is 2.00 bits per heavy atom. The number of hydrogen-bond donors (Lipinski definition) is 0. The van der Waals surface area contributed by atoms with Crippen LogP contribution < -0.4 is 0 Å². The smallest absolute Gasteiger partial charge is 0.0812 e. The van der Waals surface area contributed by atoms with Crippen molar-refractivity contribution >= 4 is 21.6 Å². The van der Waals surface area contributed by atoms with Crippen molar-refractivity contribution in [3.05, 3.63) is 29.8 Å². The van der Waals surface area contributed by atoms with E-state index in [4.69, 9.17) is 0 Å². The van der Waals surface area contributed by atoms with Crippen molar-refractivity contribution in [2.24, 2.45) is 0 Å². The standard InChI is InChI=1S/C7H5NS.Fe/c1-2-4-7-6(3-1)8-5-9-7;/h1-5H;. The van der Waals surface area contributed by atoms with E-state index in [0.29, 0.717) is 0 Å². The number of benzene rings is 1. The third kappa shape index (κ3) is 1.21. The van der Waals surface area contributed by atoms with E-state index < -0.39 is 0 Å². The SMILES string of the molecule is [Fe].c1ccc2scnc2c1. The van der Waals surface area contributed by atoms with Crippen molar-refractivity contribution in [3.8, 4) is 0 Å². The van der Waals surface area contributed by atoms with Crippen molar-refractivity contribution < 1.29 is 17.1 Å². The van der Waals surface area contributed by atoms with Crippen LogP contribution in [0.4, 0.5) is 0 Å². The van der Waals surface area contributed by atoms with Gasteiger partial charge in [0.15, 0.2) is 0 Å². The van der Waals surface area contributed by atoms with Gasteiger partial charge in [0.1, 0.15) is 0 Å². The summed E-state index contributed by atoms with van der Waals surface area (Å²) in [6, 6.07) is 8.13. The van der Waals surface area contributed by atoms with Crippen LogP contribution in [-0.2, 0) is 17.1 Å². The molecular formula is C7H5FeNS. The maximum Gasteiger partial charge on any atom is 0.0812 e. The second-order valence-corrected chi connectivity index (χ2v) is 2.71. The monoisotopic (exact) mass is 191 g/mol. The molecule has 0 unspecified atom stereocenters. The van der Waals surface area contributed by atoms with Gasteiger partial charge in [0.05, 0.1) is 15.7 Å². The second-order valence-electron chi connectivity index (χ2n) is 1.82. The summed E-state index contributed by atoms with van der Waals surface area (Å²) >= 11 is 1.68. The zero-order valence-corrected chi connectivity index (χ0v) is 7.02. The number of hydrogen-bond acceptors (Lipinski definition) is 2. The molecule has 52 valence electrons. The molecular weight excluding hydrogens is 186 g/mol. The van der Waals surface area contributed by atoms with Gasteiger partial charge in [-0.2, -0.15) is 0 Å². The van der Waals surface area contributed by atoms with Crippen molar-refractivity contribution in [2.75, 3.05) is 0 Å². The quantitative estimate of drug-likeness (QED) is 0.582. The molecule has 0 radical (unpaired) electrons. The van der Waals surface area contributed by atoms with Gasteiger partial charge in [-0.05, 0) is 12.1 Å². The zero-order chi connectivity index (χ0) is 6.10. The first-order chi connectivity index (χ1) is 4.47. The van der Waals surface area contributed by atoms with Gasteiger partial charge < -0.3 is 0 Å². The third-order valence-electron chi connectivity index (χ3n) is 1.24. The predicted octanol–water partition coefficient (Wildman–Crippen LogP) is 2.29. The number of aromatic nitrogens is 1. The van der Waals surface area contributed by atoms with Crippen LogP contribution in [0.15, 0.2) is 29.8 Å². The molecule has 2 rings (SSSR count). The Hall–Kier alpha value is -0.371. The van der Waals surface area contributed by atoms with Crippen LogP contribution in [0, 0.1) is 0 Å². The number of fused-ring (bicyclic) bond motifs is 1. The fourth-order valence-corrected chi connectivity index (χ4v) is 1.48. The summed E-state index contributed by atoms with van der Waals surface area (Å²) < 4.78 is 1.26. The second kappa shape index (κ2) is 3.15. The summed E-state index contributed by atoms with van der Waals surface area (Å²) in [4.78, 5) is 4.14. The van der Waals surface area contributed by atoms with Gasteiger partial charge in [0.2, 0.25) is 0 Å². The Balaban J connectivity index is 0.000000500. The molecule has 0 aliphatic rings. The van der Waals surface area contributed by atoms with Crippen LogP contribution >= 0.6 is 11.3 Å². The molecule has 0 amide bonds. The largest absolute Gasteiger partial charge is 0.245 e. The first-order valence-electron chi connectivity index (χ1n) is 2.75. The molecule has 1 aromatic heterocycles. The Morgan fingerprint density at radius 1 is 1.20 bits per heavy atom. The Morgan fingerprint density at radius 3 is 2.80 bits per heavy atom. The maximum atomic E-state index is 4.14. The molecule has 3 heteroatoms. The predicted molar refractivity (Wildman–Crippen MR) is 39.6 cm³/mol. The van der Waals surface area contributed by atoms with Crippen molar-refractivity contribution in [2.45, 2.75) is 0 Å². The summed E-state index contributed by atoms with van der Waals surface area (Å²) in [5.41, 5.74) is 2.97. The zero-order valence-electron chi connectivity index (χ0n) is 5.10. The minimum absolute atomic E-state index is 0. The van der Waals surface area contributed by atoms with E-state index in [0.717, 1.165) is 5.52 Å². The molecule has 0 N–H and O–H groups in total. The summed E-state index contributed by atoms with van der Waals surface area (Å²) in [5.74, 6) is 0. The van der Waals surface area contributed by atoms with E-state index in [9.17, 15) is 0 Å². The summed E-state index contributed by atoms with van der Waals surface area (Å²) in [6.07, 6.45) is 0. The first-order valence-corrected chi connectivity index (χ1v) is 3.63. The summed E-state index contributed by atoms with van der Waals surface area (Å²) in [6.45, 7) is 0. The Bertz CT molecular complexity index is 288. The van der Waals surface area contributed by atoms with Gasteiger partial charge in [-0.3, -0.25) is 0 Å². The third-order valence-corrected chi connectivity index (χ3v) is 2.05. The topological polar surface area (TPSA) is 12.9 Å². The number of para-hydroxylation sites is 1. The molecule has 0 aliphatic carbocycles. The van der Waals surface area contributed by atoms with Crippen LogP contribution in [0.5, 0.6) is 0 Å². The van der Waals surface area contributed by atoms with Gasteiger partial charge in [0.25, 0.3) is 0 Å². The number of rotatable bonds is 0. The van der Waals surface area contributed by atoms with Crippen LogP contribution in [0.25, 0.3) is 10.2 Å². The molecule has 0 bridgehead atoms. The molecule has 1 aromatic carbocycles. The normalized spacial score (nSPS) is 9.20. The molecule has 1 heterocycles. The van der Waals surface area contributed by atoms with E-state index in [1.54, 1.807) is 11.3 Å². The van der Waals surface area contributed by atoms with Gasteiger partial charge in [-0.1, -0.05) is 12.1 Å². The van der Waals surface area contributed by atoms with Crippen LogP contribution in [0.3, 0.4) is 0 Å². The molecule has 0 saturated carbocycles. The minimum Gasteiger partial charge on any atom is -0.245 e. The van der Waals surface area contributed by atoms with Gasteiger partial charge >= 0.3 is 0 Å². The summed E-state index contributed by atoms with van der Waals surface area (Å²) in [5, 5.41) is 0. The maximum absolute atomic E-state index is 4.14. The minimum atomic E-state index is 0. The number of nitrogens with zero attached hydrogens (tertiary/aromatic N) is 1. The van der Waals surface area contributed by atoms with E-state index in [2.05, 4.69) is 11.1 Å². The molecule has 0 atom stereocenters. The molecule has 0 fully saturated rings. The number of thiazole rings is 1.